The molecule has 1 amide bonds. The highest BCUT2D eigenvalue weighted by atomic mass is 16.5. The molecule has 2 rings (SSSR count). The van der Waals surface area contributed by atoms with E-state index in [1.165, 1.54) is 0 Å². The molecule has 0 radical (unpaired) electrons. The first kappa shape index (κ1) is 11.4. The first-order chi connectivity index (χ1) is 8.16. The second-order valence-electron chi connectivity index (χ2n) is 3.87. The number of carboxylic acids is 1. The van der Waals surface area contributed by atoms with Crippen LogP contribution in [0.1, 0.15) is 18.4 Å². The zero-order valence-electron chi connectivity index (χ0n) is 9.23. The Morgan fingerprint density at radius 1 is 1.41 bits per heavy atom. The maximum Gasteiger partial charge on any atom is 0.341 e. The van der Waals surface area contributed by atoms with Gasteiger partial charge in [-0.15, -0.1) is 0 Å². The zero-order chi connectivity index (χ0) is 12.3. The van der Waals surface area contributed by atoms with E-state index < -0.39 is 5.97 Å². The molecule has 1 aliphatic heterocycles. The number of carbonyl (C=O) groups excluding carboxylic acids is 1. The summed E-state index contributed by atoms with van der Waals surface area (Å²) in [4.78, 5) is 21.8. The number of carbonyl (C=O) groups is 2. The molecule has 0 aromatic heterocycles. The van der Waals surface area contributed by atoms with Gasteiger partial charge in [0.1, 0.15) is 5.75 Å². The number of benzene rings is 1. The number of anilines is 1. The van der Waals surface area contributed by atoms with Crippen LogP contribution in [-0.2, 0) is 16.0 Å². The Morgan fingerprint density at radius 2 is 2.24 bits per heavy atom. The molecule has 0 aliphatic carbocycles. The van der Waals surface area contributed by atoms with Crippen LogP contribution in [0.2, 0.25) is 0 Å². The van der Waals surface area contributed by atoms with Gasteiger partial charge in [-0.05, 0) is 25.0 Å². The minimum Gasteiger partial charge on any atom is -0.482 e. The van der Waals surface area contributed by atoms with Gasteiger partial charge in [-0.3, -0.25) is 4.79 Å². The second-order valence-corrected chi connectivity index (χ2v) is 3.87. The average Bonchev–Trinajstić information content (AvgIpc) is 2.47. The van der Waals surface area contributed by atoms with Gasteiger partial charge in [-0.2, -0.15) is 0 Å². The molecule has 1 aliphatic rings. The number of hydrogen-bond acceptors (Lipinski definition) is 3. The number of rotatable bonds is 3. The van der Waals surface area contributed by atoms with Crippen molar-refractivity contribution in [2.75, 3.05) is 11.9 Å². The number of ether oxygens (including phenoxy) is 1. The van der Waals surface area contributed by atoms with E-state index in [1.807, 2.05) is 0 Å². The van der Waals surface area contributed by atoms with E-state index in [9.17, 15) is 9.59 Å². The average molecular weight is 235 g/mol. The van der Waals surface area contributed by atoms with Crippen LogP contribution in [-0.4, -0.2) is 23.6 Å². The molecule has 1 aromatic carbocycles. The van der Waals surface area contributed by atoms with Gasteiger partial charge in [0.2, 0.25) is 5.91 Å². The summed E-state index contributed by atoms with van der Waals surface area (Å²) in [6.45, 7) is -0.371. The third-order valence-corrected chi connectivity index (χ3v) is 2.59. The van der Waals surface area contributed by atoms with Gasteiger partial charge in [-0.1, -0.05) is 6.07 Å². The van der Waals surface area contributed by atoms with Crippen molar-refractivity contribution in [1.29, 1.82) is 0 Å². The van der Waals surface area contributed by atoms with Gasteiger partial charge < -0.3 is 15.2 Å². The Bertz CT molecular complexity index is 456. The summed E-state index contributed by atoms with van der Waals surface area (Å²) in [5.74, 6) is -0.494. The standard InChI is InChI=1S/C12H13NO4/c14-11-6-1-3-8-9(13-11)4-2-5-10(8)17-7-12(15)16/h2,4-5H,1,3,6-7H2,(H,13,14)(H,15,16). The Hall–Kier alpha value is -2.04. The maximum absolute atomic E-state index is 11.4. The molecule has 1 heterocycles. The molecule has 5 heteroatoms. The van der Waals surface area contributed by atoms with Crippen LogP contribution in [0.5, 0.6) is 5.75 Å². The zero-order valence-corrected chi connectivity index (χ0v) is 9.23. The summed E-state index contributed by atoms with van der Waals surface area (Å²) >= 11 is 0. The first-order valence-electron chi connectivity index (χ1n) is 5.43. The lowest BCUT2D eigenvalue weighted by Gasteiger charge is -2.12. The summed E-state index contributed by atoms with van der Waals surface area (Å²) in [6.07, 6.45) is 1.93. The van der Waals surface area contributed by atoms with Crippen molar-refractivity contribution >= 4 is 17.6 Å². The molecule has 0 atom stereocenters. The number of amides is 1. The van der Waals surface area contributed by atoms with Gasteiger partial charge in [0.25, 0.3) is 0 Å². The third-order valence-electron chi connectivity index (χ3n) is 2.59. The van der Waals surface area contributed by atoms with Crippen LogP contribution in [0, 0.1) is 0 Å². The molecule has 0 bridgehead atoms. The van der Waals surface area contributed by atoms with Crippen LogP contribution in [0.25, 0.3) is 0 Å². The summed E-state index contributed by atoms with van der Waals surface area (Å²) in [6, 6.07) is 5.26. The fourth-order valence-corrected chi connectivity index (χ4v) is 1.85. The van der Waals surface area contributed by atoms with Crippen LogP contribution >= 0.6 is 0 Å². The molecular formula is C12H13NO4. The van der Waals surface area contributed by atoms with Crippen molar-refractivity contribution in [1.82, 2.24) is 0 Å². The van der Waals surface area contributed by atoms with Gasteiger partial charge in [0, 0.05) is 17.7 Å². The molecule has 0 unspecified atom stereocenters. The van der Waals surface area contributed by atoms with Crippen LogP contribution in [0.15, 0.2) is 18.2 Å². The Morgan fingerprint density at radius 3 is 3.00 bits per heavy atom. The molecule has 1 aromatic rings. The van der Waals surface area contributed by atoms with Gasteiger partial charge in [-0.25, -0.2) is 4.79 Å². The lowest BCUT2D eigenvalue weighted by Crippen LogP contribution is -2.12. The number of aliphatic carboxylic acids is 1. The van der Waals surface area contributed by atoms with E-state index in [1.54, 1.807) is 18.2 Å². The summed E-state index contributed by atoms with van der Waals surface area (Å²) in [5.41, 5.74) is 1.59. The van der Waals surface area contributed by atoms with Crippen molar-refractivity contribution in [2.45, 2.75) is 19.3 Å². The first-order valence-corrected chi connectivity index (χ1v) is 5.43. The van der Waals surface area contributed by atoms with E-state index in [0.717, 1.165) is 17.7 Å². The minimum atomic E-state index is -1.01. The topological polar surface area (TPSA) is 75.6 Å². The van der Waals surface area contributed by atoms with Crippen molar-refractivity contribution in [3.05, 3.63) is 23.8 Å². The van der Waals surface area contributed by atoms with Gasteiger partial charge in [0.15, 0.2) is 6.61 Å². The monoisotopic (exact) mass is 235 g/mol. The fourth-order valence-electron chi connectivity index (χ4n) is 1.85. The largest absolute Gasteiger partial charge is 0.482 e. The summed E-state index contributed by atoms with van der Waals surface area (Å²) in [7, 11) is 0. The molecule has 90 valence electrons. The molecule has 0 spiro atoms. The van der Waals surface area contributed by atoms with E-state index in [4.69, 9.17) is 9.84 Å². The highest BCUT2D eigenvalue weighted by Crippen LogP contribution is 2.30. The molecular weight excluding hydrogens is 222 g/mol. The number of nitrogens with one attached hydrogen (secondary N) is 1. The van der Waals surface area contributed by atoms with E-state index in [2.05, 4.69) is 5.32 Å². The SMILES string of the molecule is O=C(O)COc1cccc2c1CCCC(=O)N2. The van der Waals surface area contributed by atoms with Crippen molar-refractivity contribution in [2.24, 2.45) is 0 Å². The minimum absolute atomic E-state index is 0.0147. The van der Waals surface area contributed by atoms with Gasteiger partial charge in [0.05, 0.1) is 0 Å². The van der Waals surface area contributed by atoms with Crippen LogP contribution < -0.4 is 10.1 Å². The maximum atomic E-state index is 11.4. The van der Waals surface area contributed by atoms with E-state index in [0.29, 0.717) is 18.6 Å². The predicted molar refractivity (Wildman–Crippen MR) is 61.1 cm³/mol. The highest BCUT2D eigenvalue weighted by molar-refractivity contribution is 5.92. The molecule has 0 saturated heterocycles. The van der Waals surface area contributed by atoms with Crippen molar-refractivity contribution < 1.29 is 19.4 Å². The Balaban J connectivity index is 2.25. The lowest BCUT2D eigenvalue weighted by molar-refractivity contribution is -0.139. The summed E-state index contributed by atoms with van der Waals surface area (Å²) in [5, 5.41) is 11.4. The van der Waals surface area contributed by atoms with E-state index in [-0.39, 0.29) is 12.5 Å². The highest BCUT2D eigenvalue weighted by Gasteiger charge is 2.16. The number of carboxylic acid groups (broad SMARTS) is 1. The van der Waals surface area contributed by atoms with Crippen molar-refractivity contribution in [3.63, 3.8) is 0 Å². The molecule has 0 saturated carbocycles. The van der Waals surface area contributed by atoms with Crippen LogP contribution in [0.3, 0.4) is 0 Å². The second kappa shape index (κ2) is 4.86. The Kier molecular flexibility index (Phi) is 3.27. The number of fused-ring (bicyclic) bond motifs is 1. The van der Waals surface area contributed by atoms with Gasteiger partial charge >= 0.3 is 5.97 Å². The lowest BCUT2D eigenvalue weighted by atomic mass is 10.1. The van der Waals surface area contributed by atoms with E-state index >= 15 is 0 Å². The normalized spacial score (nSPS) is 14.5. The third kappa shape index (κ3) is 2.75. The molecule has 2 N–H and O–H groups in total. The summed E-state index contributed by atoms with van der Waals surface area (Å²) < 4.78 is 5.21. The van der Waals surface area contributed by atoms with Crippen molar-refractivity contribution in [3.8, 4) is 5.75 Å². The molecule has 17 heavy (non-hydrogen) atoms. The fraction of sp³-hybridized carbons (Fsp3) is 0.333. The Labute approximate surface area is 98.4 Å². The quantitative estimate of drug-likeness (QED) is 0.830. The molecule has 5 nitrogen and oxygen atoms in total. The molecule has 0 fully saturated rings. The number of hydrogen-bond donors (Lipinski definition) is 2. The van der Waals surface area contributed by atoms with Crippen LogP contribution in [0.4, 0.5) is 5.69 Å². The smallest absolute Gasteiger partial charge is 0.341 e. The predicted octanol–water partition coefficient (Wildman–Crippen LogP) is 1.42.